The van der Waals surface area contributed by atoms with Crippen molar-refractivity contribution < 1.29 is 22.3 Å². The van der Waals surface area contributed by atoms with Gasteiger partial charge in [0, 0.05) is 12.6 Å². The summed E-state index contributed by atoms with van der Waals surface area (Å²) in [5.74, 6) is -0.457. The van der Waals surface area contributed by atoms with E-state index in [1.54, 1.807) is 29.2 Å². The van der Waals surface area contributed by atoms with E-state index in [0.29, 0.717) is 12.3 Å². The number of ether oxygens (including phenoxy) is 1. The van der Waals surface area contributed by atoms with Gasteiger partial charge in [0.1, 0.15) is 18.1 Å². The summed E-state index contributed by atoms with van der Waals surface area (Å²) in [6.07, 6.45) is 5.16. The SMILES string of the molecule is CCN(C(=O)CN(c1ccccc1OC)S(=O)(=O)c1ccc(F)cc1)C1CCCCC1. The maximum atomic E-state index is 13.5. The lowest BCUT2D eigenvalue weighted by atomic mass is 9.94. The van der Waals surface area contributed by atoms with Gasteiger partial charge in [-0.15, -0.1) is 0 Å². The van der Waals surface area contributed by atoms with Gasteiger partial charge in [-0.05, 0) is 56.2 Å². The summed E-state index contributed by atoms with van der Waals surface area (Å²) in [6.45, 7) is 2.07. The van der Waals surface area contributed by atoms with Crippen LogP contribution in [0, 0.1) is 5.82 Å². The first-order chi connectivity index (χ1) is 14.9. The molecule has 0 saturated heterocycles. The Morgan fingerprint density at radius 3 is 2.32 bits per heavy atom. The third-order valence-electron chi connectivity index (χ3n) is 5.71. The second-order valence-corrected chi connectivity index (χ2v) is 9.47. The number of sulfonamides is 1. The number of rotatable bonds is 8. The van der Waals surface area contributed by atoms with E-state index in [0.717, 1.165) is 48.5 Å². The number of carbonyl (C=O) groups excluding carboxylic acids is 1. The highest BCUT2D eigenvalue weighted by Crippen LogP contribution is 2.33. The summed E-state index contributed by atoms with van der Waals surface area (Å²) in [4.78, 5) is 15.0. The largest absolute Gasteiger partial charge is 0.495 e. The Balaban J connectivity index is 1.99. The Bertz CT molecular complexity index is 989. The van der Waals surface area contributed by atoms with E-state index in [4.69, 9.17) is 4.74 Å². The van der Waals surface area contributed by atoms with E-state index in [-0.39, 0.29) is 29.1 Å². The number of likely N-dealkylation sites (N-methyl/N-ethyl adjacent to an activating group) is 1. The van der Waals surface area contributed by atoms with E-state index in [1.807, 2.05) is 6.92 Å². The van der Waals surface area contributed by atoms with Crippen LogP contribution in [-0.4, -0.2) is 45.5 Å². The zero-order chi connectivity index (χ0) is 22.4. The van der Waals surface area contributed by atoms with Gasteiger partial charge in [-0.3, -0.25) is 9.10 Å². The van der Waals surface area contributed by atoms with Gasteiger partial charge in [0.05, 0.1) is 17.7 Å². The summed E-state index contributed by atoms with van der Waals surface area (Å²) in [6, 6.07) is 11.4. The quantitative estimate of drug-likeness (QED) is 0.607. The smallest absolute Gasteiger partial charge is 0.264 e. The van der Waals surface area contributed by atoms with Crippen LogP contribution >= 0.6 is 0 Å². The lowest BCUT2D eigenvalue weighted by Crippen LogP contribution is -2.47. The number of halogens is 1. The fourth-order valence-corrected chi connectivity index (χ4v) is 5.54. The van der Waals surface area contributed by atoms with Crippen molar-refractivity contribution in [3.8, 4) is 5.75 Å². The Morgan fingerprint density at radius 2 is 1.71 bits per heavy atom. The maximum Gasteiger partial charge on any atom is 0.264 e. The topological polar surface area (TPSA) is 66.9 Å². The lowest BCUT2D eigenvalue weighted by molar-refractivity contribution is -0.132. The van der Waals surface area contributed by atoms with Gasteiger partial charge in [-0.1, -0.05) is 31.4 Å². The van der Waals surface area contributed by atoms with Crippen LogP contribution < -0.4 is 9.04 Å². The molecule has 1 saturated carbocycles. The van der Waals surface area contributed by atoms with E-state index in [2.05, 4.69) is 0 Å². The van der Waals surface area contributed by atoms with Crippen LogP contribution in [0.4, 0.5) is 10.1 Å². The van der Waals surface area contributed by atoms with Crippen LogP contribution in [0.3, 0.4) is 0 Å². The van der Waals surface area contributed by atoms with Crippen molar-refractivity contribution >= 4 is 21.6 Å². The van der Waals surface area contributed by atoms with E-state index >= 15 is 0 Å². The molecule has 0 bridgehead atoms. The maximum absolute atomic E-state index is 13.5. The van der Waals surface area contributed by atoms with Crippen LogP contribution in [0.15, 0.2) is 53.4 Å². The summed E-state index contributed by atoms with van der Waals surface area (Å²) < 4.78 is 46.9. The summed E-state index contributed by atoms with van der Waals surface area (Å²) in [7, 11) is -2.68. The average Bonchev–Trinajstić information content (AvgIpc) is 2.79. The molecule has 1 aliphatic rings. The highest BCUT2D eigenvalue weighted by Gasteiger charge is 2.32. The molecule has 2 aromatic rings. The molecule has 1 aliphatic carbocycles. The summed E-state index contributed by atoms with van der Waals surface area (Å²) in [5.41, 5.74) is 0.266. The molecule has 0 N–H and O–H groups in total. The van der Waals surface area contributed by atoms with Gasteiger partial charge in [0.25, 0.3) is 10.0 Å². The molecule has 0 atom stereocenters. The minimum atomic E-state index is -4.13. The van der Waals surface area contributed by atoms with Crippen molar-refractivity contribution in [2.24, 2.45) is 0 Å². The summed E-state index contributed by atoms with van der Waals surface area (Å²) in [5, 5.41) is 0. The number of carbonyl (C=O) groups is 1. The Kier molecular flexibility index (Phi) is 7.54. The molecule has 2 aromatic carbocycles. The van der Waals surface area contributed by atoms with Crippen LogP contribution in [0.5, 0.6) is 5.75 Å². The van der Waals surface area contributed by atoms with Crippen molar-refractivity contribution in [2.75, 3.05) is 24.5 Å². The van der Waals surface area contributed by atoms with E-state index in [1.165, 1.54) is 19.2 Å². The second kappa shape index (κ2) is 10.1. The molecule has 6 nitrogen and oxygen atoms in total. The Labute approximate surface area is 183 Å². The predicted molar refractivity (Wildman–Crippen MR) is 118 cm³/mol. The number of nitrogens with zero attached hydrogens (tertiary/aromatic N) is 2. The third kappa shape index (κ3) is 5.18. The molecular weight excluding hydrogens is 419 g/mol. The Hall–Kier alpha value is -2.61. The van der Waals surface area contributed by atoms with Gasteiger partial charge >= 0.3 is 0 Å². The number of hydrogen-bond acceptors (Lipinski definition) is 4. The zero-order valence-electron chi connectivity index (χ0n) is 18.0. The molecule has 0 aromatic heterocycles. The van der Waals surface area contributed by atoms with Crippen LogP contribution in [-0.2, 0) is 14.8 Å². The number of para-hydroxylation sites is 2. The molecule has 0 aliphatic heterocycles. The number of hydrogen-bond donors (Lipinski definition) is 0. The number of anilines is 1. The predicted octanol–water partition coefficient (Wildman–Crippen LogP) is 4.21. The van der Waals surface area contributed by atoms with Crippen molar-refractivity contribution in [2.45, 2.75) is 50.0 Å². The third-order valence-corrected chi connectivity index (χ3v) is 7.48. The normalized spacial score (nSPS) is 14.8. The van der Waals surface area contributed by atoms with Crippen molar-refractivity contribution in [3.05, 3.63) is 54.3 Å². The number of benzene rings is 2. The van der Waals surface area contributed by atoms with Crippen LogP contribution in [0.25, 0.3) is 0 Å². The fraction of sp³-hybridized carbons (Fsp3) is 0.435. The van der Waals surface area contributed by atoms with Crippen LogP contribution in [0.2, 0.25) is 0 Å². The molecule has 3 rings (SSSR count). The van der Waals surface area contributed by atoms with Gasteiger partial charge in [0.2, 0.25) is 5.91 Å². The number of amides is 1. The van der Waals surface area contributed by atoms with Crippen molar-refractivity contribution in [3.63, 3.8) is 0 Å². The number of methoxy groups -OCH3 is 1. The highest BCUT2D eigenvalue weighted by molar-refractivity contribution is 7.92. The van der Waals surface area contributed by atoms with E-state index in [9.17, 15) is 17.6 Å². The summed E-state index contributed by atoms with van der Waals surface area (Å²) >= 11 is 0. The molecule has 0 heterocycles. The molecule has 168 valence electrons. The minimum absolute atomic E-state index is 0.0895. The molecule has 0 spiro atoms. The first-order valence-electron chi connectivity index (χ1n) is 10.6. The molecule has 8 heteroatoms. The monoisotopic (exact) mass is 448 g/mol. The average molecular weight is 449 g/mol. The van der Waals surface area contributed by atoms with Crippen molar-refractivity contribution in [1.82, 2.24) is 4.90 Å². The first-order valence-corrected chi connectivity index (χ1v) is 12.0. The van der Waals surface area contributed by atoms with Gasteiger partial charge < -0.3 is 9.64 Å². The molecular formula is C23H29FN2O4S. The van der Waals surface area contributed by atoms with Gasteiger partial charge in [0.15, 0.2) is 0 Å². The first kappa shape index (κ1) is 23.1. The van der Waals surface area contributed by atoms with Gasteiger partial charge in [-0.25, -0.2) is 12.8 Å². The second-order valence-electron chi connectivity index (χ2n) is 7.61. The Morgan fingerprint density at radius 1 is 1.06 bits per heavy atom. The minimum Gasteiger partial charge on any atom is -0.495 e. The fourth-order valence-electron chi connectivity index (χ4n) is 4.11. The zero-order valence-corrected chi connectivity index (χ0v) is 18.8. The molecule has 1 amide bonds. The van der Waals surface area contributed by atoms with Crippen molar-refractivity contribution in [1.29, 1.82) is 0 Å². The standard InChI is InChI=1S/C23H29FN2O4S/c1-3-25(19-9-5-4-6-10-19)23(27)17-26(21-11-7-8-12-22(21)30-2)31(28,29)20-15-13-18(24)14-16-20/h7-8,11-16,19H,3-6,9-10,17H2,1-2H3. The van der Waals surface area contributed by atoms with E-state index < -0.39 is 15.8 Å². The lowest BCUT2D eigenvalue weighted by Gasteiger charge is -2.35. The molecule has 31 heavy (non-hydrogen) atoms. The molecule has 0 radical (unpaired) electrons. The van der Waals surface area contributed by atoms with Gasteiger partial charge in [-0.2, -0.15) is 0 Å². The molecule has 0 unspecified atom stereocenters. The highest BCUT2D eigenvalue weighted by atomic mass is 32.2. The van der Waals surface area contributed by atoms with Crippen LogP contribution in [0.1, 0.15) is 39.0 Å². The molecule has 1 fully saturated rings.